The van der Waals surface area contributed by atoms with E-state index in [0.717, 1.165) is 43.3 Å². The molecule has 0 aromatic heterocycles. The van der Waals surface area contributed by atoms with Gasteiger partial charge in [0.25, 0.3) is 5.91 Å². The number of carbonyl (C=O) groups excluding carboxylic acids is 1. The molecule has 1 aliphatic carbocycles. The van der Waals surface area contributed by atoms with Crippen LogP contribution in [0.3, 0.4) is 0 Å². The molecule has 0 radical (unpaired) electrons. The summed E-state index contributed by atoms with van der Waals surface area (Å²) in [6.07, 6.45) is 5.43. The first-order valence-corrected chi connectivity index (χ1v) is 8.49. The molecule has 114 valence electrons. The van der Waals surface area contributed by atoms with Crippen LogP contribution in [0.2, 0.25) is 0 Å². The summed E-state index contributed by atoms with van der Waals surface area (Å²) in [4.78, 5) is 17.1. The van der Waals surface area contributed by atoms with Gasteiger partial charge in [-0.3, -0.25) is 9.69 Å². The molecule has 1 saturated carbocycles. The zero-order chi connectivity index (χ0) is 14.7. The molecule has 0 unspecified atom stereocenters. The Bertz CT molecular complexity index is 474. The second kappa shape index (κ2) is 6.80. The number of carbonyl (C=O) groups is 1. The van der Waals surface area contributed by atoms with E-state index in [2.05, 4.69) is 4.90 Å². The number of halogens is 1. The molecule has 21 heavy (non-hydrogen) atoms. The first-order valence-electron chi connectivity index (χ1n) is 7.96. The number of hydrogen-bond acceptors (Lipinski definition) is 2. The predicted molar refractivity (Wildman–Crippen MR) is 85.7 cm³/mol. The highest BCUT2D eigenvalue weighted by atomic mass is 35.5. The van der Waals surface area contributed by atoms with Crippen molar-refractivity contribution in [2.45, 2.75) is 37.6 Å². The van der Waals surface area contributed by atoms with Crippen LogP contribution in [-0.2, 0) is 5.88 Å². The van der Waals surface area contributed by atoms with Gasteiger partial charge in [-0.1, -0.05) is 25.0 Å². The zero-order valence-corrected chi connectivity index (χ0v) is 13.2. The standard InChI is InChI=1S/C17H23ClN2O/c18-13-14-5-7-15(8-6-14)17(21)20-11-9-19(10-12-20)16-3-1-2-4-16/h5-8,16H,1-4,9-13H2. The number of amides is 1. The number of piperazine rings is 1. The molecule has 0 bridgehead atoms. The largest absolute Gasteiger partial charge is 0.336 e. The van der Waals surface area contributed by atoms with Gasteiger partial charge in [0, 0.05) is 43.7 Å². The second-order valence-corrected chi connectivity index (χ2v) is 6.36. The van der Waals surface area contributed by atoms with Crippen LogP contribution >= 0.6 is 11.6 Å². The molecule has 0 N–H and O–H groups in total. The normalized spacial score (nSPS) is 20.9. The fourth-order valence-corrected chi connectivity index (χ4v) is 3.66. The number of rotatable bonds is 3. The van der Waals surface area contributed by atoms with Crippen molar-refractivity contribution in [2.75, 3.05) is 26.2 Å². The van der Waals surface area contributed by atoms with Crippen molar-refractivity contribution in [3.8, 4) is 0 Å². The molecular formula is C17H23ClN2O. The topological polar surface area (TPSA) is 23.6 Å². The summed E-state index contributed by atoms with van der Waals surface area (Å²) in [6, 6.07) is 8.43. The molecule has 1 heterocycles. The summed E-state index contributed by atoms with van der Waals surface area (Å²) in [7, 11) is 0. The minimum atomic E-state index is 0.155. The lowest BCUT2D eigenvalue weighted by Gasteiger charge is -2.38. The van der Waals surface area contributed by atoms with Crippen molar-refractivity contribution < 1.29 is 4.79 Å². The molecule has 2 aliphatic rings. The van der Waals surface area contributed by atoms with Gasteiger partial charge in [-0.2, -0.15) is 0 Å². The van der Waals surface area contributed by atoms with E-state index in [4.69, 9.17) is 11.6 Å². The monoisotopic (exact) mass is 306 g/mol. The number of alkyl halides is 1. The summed E-state index contributed by atoms with van der Waals surface area (Å²) in [5.74, 6) is 0.649. The molecule has 1 aromatic rings. The third-order valence-corrected chi connectivity index (χ3v) is 5.11. The smallest absolute Gasteiger partial charge is 0.253 e. The van der Waals surface area contributed by atoms with E-state index in [-0.39, 0.29) is 5.91 Å². The van der Waals surface area contributed by atoms with Gasteiger partial charge in [-0.05, 0) is 30.5 Å². The van der Waals surface area contributed by atoms with Crippen LogP contribution in [0.4, 0.5) is 0 Å². The summed E-state index contributed by atoms with van der Waals surface area (Å²) < 4.78 is 0. The lowest BCUT2D eigenvalue weighted by molar-refractivity contribution is 0.0573. The van der Waals surface area contributed by atoms with Crippen molar-refractivity contribution in [3.05, 3.63) is 35.4 Å². The first-order chi connectivity index (χ1) is 10.3. The van der Waals surface area contributed by atoms with Crippen LogP contribution in [0.1, 0.15) is 41.6 Å². The zero-order valence-electron chi connectivity index (χ0n) is 12.4. The van der Waals surface area contributed by atoms with E-state index in [1.165, 1.54) is 25.7 Å². The highest BCUT2D eigenvalue weighted by molar-refractivity contribution is 6.17. The molecule has 0 atom stereocenters. The van der Waals surface area contributed by atoms with E-state index in [1.807, 2.05) is 29.2 Å². The number of nitrogens with zero attached hydrogens (tertiary/aromatic N) is 2. The Hall–Kier alpha value is -1.06. The van der Waals surface area contributed by atoms with Crippen molar-refractivity contribution in [2.24, 2.45) is 0 Å². The van der Waals surface area contributed by atoms with Gasteiger partial charge in [0.15, 0.2) is 0 Å². The van der Waals surface area contributed by atoms with Crippen LogP contribution < -0.4 is 0 Å². The van der Waals surface area contributed by atoms with E-state index in [1.54, 1.807) is 0 Å². The fourth-order valence-electron chi connectivity index (χ4n) is 3.48. The van der Waals surface area contributed by atoms with Gasteiger partial charge in [-0.25, -0.2) is 0 Å². The molecule has 0 spiro atoms. The van der Waals surface area contributed by atoms with Crippen molar-refractivity contribution in [3.63, 3.8) is 0 Å². The van der Waals surface area contributed by atoms with Gasteiger partial charge in [0.1, 0.15) is 0 Å². The third kappa shape index (κ3) is 3.41. The van der Waals surface area contributed by atoms with E-state index in [0.29, 0.717) is 5.88 Å². The second-order valence-electron chi connectivity index (χ2n) is 6.10. The minimum Gasteiger partial charge on any atom is -0.336 e. The Kier molecular flexibility index (Phi) is 4.81. The lowest BCUT2D eigenvalue weighted by atomic mass is 10.1. The van der Waals surface area contributed by atoms with Crippen molar-refractivity contribution >= 4 is 17.5 Å². The Labute approximate surface area is 131 Å². The van der Waals surface area contributed by atoms with Crippen LogP contribution in [0.15, 0.2) is 24.3 Å². The predicted octanol–water partition coefficient (Wildman–Crippen LogP) is 3.13. The molecule has 1 saturated heterocycles. The third-order valence-electron chi connectivity index (χ3n) is 4.80. The minimum absolute atomic E-state index is 0.155. The summed E-state index contributed by atoms with van der Waals surface area (Å²) in [5.41, 5.74) is 1.83. The fraction of sp³-hybridized carbons (Fsp3) is 0.588. The Morgan fingerprint density at radius 1 is 1.05 bits per heavy atom. The van der Waals surface area contributed by atoms with Gasteiger partial charge in [0.05, 0.1) is 0 Å². The maximum absolute atomic E-state index is 12.5. The molecule has 2 fully saturated rings. The molecule has 4 heteroatoms. The molecule has 1 aromatic carbocycles. The van der Waals surface area contributed by atoms with Crippen LogP contribution in [0, 0.1) is 0 Å². The molecule has 3 rings (SSSR count). The maximum atomic E-state index is 12.5. The summed E-state index contributed by atoms with van der Waals surface area (Å²) in [5, 5.41) is 0. The number of benzene rings is 1. The summed E-state index contributed by atoms with van der Waals surface area (Å²) in [6.45, 7) is 3.76. The van der Waals surface area contributed by atoms with Gasteiger partial charge < -0.3 is 4.90 Å². The first kappa shape index (κ1) is 14.9. The Balaban J connectivity index is 1.56. The highest BCUT2D eigenvalue weighted by Gasteiger charge is 2.28. The van der Waals surface area contributed by atoms with Crippen molar-refractivity contribution in [1.29, 1.82) is 0 Å². The van der Waals surface area contributed by atoms with Crippen LogP contribution in [0.5, 0.6) is 0 Å². The molecular weight excluding hydrogens is 284 g/mol. The highest BCUT2D eigenvalue weighted by Crippen LogP contribution is 2.24. The number of hydrogen-bond donors (Lipinski definition) is 0. The Morgan fingerprint density at radius 3 is 2.24 bits per heavy atom. The van der Waals surface area contributed by atoms with Crippen LogP contribution in [-0.4, -0.2) is 47.9 Å². The van der Waals surface area contributed by atoms with Crippen LogP contribution in [0.25, 0.3) is 0 Å². The van der Waals surface area contributed by atoms with Gasteiger partial charge in [0.2, 0.25) is 0 Å². The van der Waals surface area contributed by atoms with Crippen molar-refractivity contribution in [1.82, 2.24) is 9.80 Å². The lowest BCUT2D eigenvalue weighted by Crippen LogP contribution is -2.51. The van der Waals surface area contributed by atoms with E-state index < -0.39 is 0 Å². The SMILES string of the molecule is O=C(c1ccc(CCl)cc1)N1CCN(C2CCCC2)CC1. The average Bonchev–Trinajstić information content (AvgIpc) is 3.09. The molecule has 1 aliphatic heterocycles. The Morgan fingerprint density at radius 2 is 1.67 bits per heavy atom. The summed E-state index contributed by atoms with van der Waals surface area (Å²) >= 11 is 5.78. The van der Waals surface area contributed by atoms with E-state index >= 15 is 0 Å². The van der Waals surface area contributed by atoms with Gasteiger partial charge >= 0.3 is 0 Å². The quantitative estimate of drug-likeness (QED) is 0.801. The molecule has 1 amide bonds. The molecule has 3 nitrogen and oxygen atoms in total. The maximum Gasteiger partial charge on any atom is 0.253 e. The van der Waals surface area contributed by atoms with E-state index in [9.17, 15) is 4.79 Å². The average molecular weight is 307 g/mol. The van der Waals surface area contributed by atoms with Gasteiger partial charge in [-0.15, -0.1) is 11.6 Å².